The molecule has 2 saturated heterocycles. The van der Waals surface area contributed by atoms with Gasteiger partial charge in [0.25, 0.3) is 0 Å². The number of hydrogen-bond acceptors (Lipinski definition) is 3. The van der Waals surface area contributed by atoms with E-state index in [1.807, 2.05) is 13.2 Å². The van der Waals surface area contributed by atoms with E-state index in [1.54, 1.807) is 0 Å². The van der Waals surface area contributed by atoms with Gasteiger partial charge in [-0.15, -0.1) is 0 Å². The Balaban J connectivity index is 1.87. The van der Waals surface area contributed by atoms with E-state index in [2.05, 4.69) is 44.9 Å². The quantitative estimate of drug-likeness (QED) is 0.665. The van der Waals surface area contributed by atoms with Crippen LogP contribution in [0.15, 0.2) is 22.2 Å². The van der Waals surface area contributed by atoms with Crippen molar-refractivity contribution in [1.29, 1.82) is 0 Å². The van der Waals surface area contributed by atoms with Crippen molar-refractivity contribution in [2.45, 2.75) is 26.2 Å². The summed E-state index contributed by atoms with van der Waals surface area (Å²) in [6, 6.07) is 2.05. The third kappa shape index (κ3) is 2.47. The summed E-state index contributed by atoms with van der Waals surface area (Å²) in [6.07, 6.45) is 5.70. The first kappa shape index (κ1) is 15.3. The fraction of sp³-hybridized carbons (Fsp3) is 0.647. The molecule has 1 aromatic rings. The zero-order valence-corrected chi connectivity index (χ0v) is 13.7. The molecule has 2 aliphatic heterocycles. The largest absolute Gasteiger partial charge is 0.356 e. The Kier molecular flexibility index (Phi) is 4.34. The molecule has 120 valence electrons. The van der Waals surface area contributed by atoms with Crippen molar-refractivity contribution in [3.8, 4) is 0 Å². The fourth-order valence-electron chi connectivity index (χ4n) is 4.28. The summed E-state index contributed by atoms with van der Waals surface area (Å²) < 4.78 is 0. The lowest BCUT2D eigenvalue weighted by Crippen LogP contribution is -2.57. The van der Waals surface area contributed by atoms with Gasteiger partial charge in [-0.05, 0) is 44.5 Å². The van der Waals surface area contributed by atoms with E-state index < -0.39 is 0 Å². The second-order valence-corrected chi connectivity index (χ2v) is 6.53. The minimum Gasteiger partial charge on any atom is -0.356 e. The Morgan fingerprint density at radius 1 is 1.50 bits per heavy atom. The number of likely N-dealkylation sites (tertiary alicyclic amines) is 1. The van der Waals surface area contributed by atoms with Crippen LogP contribution in [0.1, 0.15) is 31.7 Å². The number of aromatic nitrogens is 1. The summed E-state index contributed by atoms with van der Waals surface area (Å²) in [4.78, 5) is 14.3. The van der Waals surface area contributed by atoms with Crippen molar-refractivity contribution >= 4 is 18.4 Å². The highest BCUT2D eigenvalue weighted by molar-refractivity contribution is 6.02. The summed E-state index contributed by atoms with van der Waals surface area (Å²) in [5.41, 5.74) is 1.44. The Hall–Kier alpha value is -1.62. The van der Waals surface area contributed by atoms with Crippen LogP contribution in [0, 0.1) is 11.3 Å². The monoisotopic (exact) mass is 301 g/mol. The molecule has 0 aliphatic carbocycles. The molecule has 0 unspecified atom stereocenters. The summed E-state index contributed by atoms with van der Waals surface area (Å²) >= 11 is 0. The lowest BCUT2D eigenvalue weighted by Gasteiger charge is -2.51. The minimum atomic E-state index is 0.379. The molecule has 0 aromatic carbocycles. The lowest BCUT2D eigenvalue weighted by molar-refractivity contribution is 0.0304. The van der Waals surface area contributed by atoms with Crippen LogP contribution >= 0.6 is 0 Å². The number of amidine groups is 1. The number of H-pyrrole nitrogens is 1. The Labute approximate surface area is 132 Å². The highest BCUT2D eigenvalue weighted by Crippen LogP contribution is 2.42. The number of rotatable bonds is 3. The maximum atomic E-state index is 4.58. The van der Waals surface area contributed by atoms with Gasteiger partial charge in [-0.25, -0.2) is 4.99 Å². The molecule has 0 radical (unpaired) electrons. The first-order valence-corrected chi connectivity index (χ1v) is 8.31. The maximum Gasteiger partial charge on any atom is 0.140 e. The van der Waals surface area contributed by atoms with Crippen molar-refractivity contribution in [1.82, 2.24) is 15.2 Å². The third-order valence-corrected chi connectivity index (χ3v) is 5.61. The number of aromatic amines is 1. The first-order valence-electron chi connectivity index (χ1n) is 8.31. The van der Waals surface area contributed by atoms with Crippen LogP contribution < -0.4 is 5.32 Å². The second-order valence-electron chi connectivity index (χ2n) is 6.53. The molecule has 5 heteroatoms. The van der Waals surface area contributed by atoms with Gasteiger partial charge in [-0.2, -0.15) is 0 Å². The Bertz CT molecular complexity index is 561. The molecule has 2 atom stereocenters. The van der Waals surface area contributed by atoms with Gasteiger partial charge in [-0.3, -0.25) is 4.99 Å². The zero-order chi connectivity index (χ0) is 15.6. The topological polar surface area (TPSA) is 55.8 Å². The Morgan fingerprint density at radius 3 is 3.09 bits per heavy atom. The number of nitrogens with zero attached hydrogens (tertiary/aromatic N) is 3. The molecule has 3 rings (SSSR count). The van der Waals surface area contributed by atoms with Gasteiger partial charge in [0.1, 0.15) is 11.7 Å². The number of nitrogens with one attached hydrogen (secondary N) is 2. The lowest BCUT2D eigenvalue weighted by atomic mass is 9.66. The molecule has 0 saturated carbocycles. The molecular weight excluding hydrogens is 274 g/mol. The van der Waals surface area contributed by atoms with Crippen molar-refractivity contribution in [2.24, 2.45) is 21.3 Å². The van der Waals surface area contributed by atoms with E-state index in [9.17, 15) is 0 Å². The SMILES string of the molecule is C=Nc1[nH]ccc1C(=NC)N1CC[C@@H]2CCNC[C@]2(CC)C1. The van der Waals surface area contributed by atoms with Crippen molar-refractivity contribution in [2.75, 3.05) is 33.2 Å². The molecule has 1 aromatic heterocycles. The van der Waals surface area contributed by atoms with Gasteiger partial charge in [0.15, 0.2) is 0 Å². The second kappa shape index (κ2) is 6.24. The van der Waals surface area contributed by atoms with E-state index >= 15 is 0 Å². The van der Waals surface area contributed by atoms with Gasteiger partial charge >= 0.3 is 0 Å². The van der Waals surface area contributed by atoms with E-state index in [1.165, 1.54) is 25.8 Å². The molecule has 2 fully saturated rings. The van der Waals surface area contributed by atoms with Gasteiger partial charge < -0.3 is 15.2 Å². The molecule has 0 bridgehead atoms. The fourth-order valence-corrected chi connectivity index (χ4v) is 4.28. The van der Waals surface area contributed by atoms with Crippen molar-refractivity contribution in [3.63, 3.8) is 0 Å². The summed E-state index contributed by atoms with van der Waals surface area (Å²) in [6.45, 7) is 10.4. The van der Waals surface area contributed by atoms with Gasteiger partial charge in [-0.1, -0.05) is 6.92 Å². The third-order valence-electron chi connectivity index (χ3n) is 5.61. The van der Waals surface area contributed by atoms with Crippen LogP contribution in [-0.4, -0.2) is 55.7 Å². The maximum absolute atomic E-state index is 4.58. The van der Waals surface area contributed by atoms with Crippen LogP contribution in [-0.2, 0) is 0 Å². The number of piperidine rings is 2. The minimum absolute atomic E-state index is 0.379. The summed E-state index contributed by atoms with van der Waals surface area (Å²) in [7, 11) is 1.87. The average Bonchev–Trinajstić information content (AvgIpc) is 3.03. The Morgan fingerprint density at radius 2 is 2.36 bits per heavy atom. The van der Waals surface area contributed by atoms with Crippen LogP contribution in [0.4, 0.5) is 5.82 Å². The summed E-state index contributed by atoms with van der Waals surface area (Å²) in [5.74, 6) is 2.70. The van der Waals surface area contributed by atoms with Gasteiger partial charge in [0.2, 0.25) is 0 Å². The molecular formula is C17H27N5. The standard InChI is InChI=1S/C17H27N5/c1-4-17-11-20-8-5-13(17)7-10-22(12-17)16(19-3)14-6-9-21-15(14)18-2/h6,9,13,20-21H,2,4-5,7-8,10-12H2,1,3H3/t13-,17+/m0/s1. The molecule has 22 heavy (non-hydrogen) atoms. The van der Waals surface area contributed by atoms with Crippen molar-refractivity contribution < 1.29 is 0 Å². The average molecular weight is 301 g/mol. The predicted octanol–water partition coefficient (Wildman–Crippen LogP) is 2.43. The van der Waals surface area contributed by atoms with Gasteiger partial charge in [0.05, 0.1) is 5.56 Å². The predicted molar refractivity (Wildman–Crippen MR) is 92.4 cm³/mol. The van der Waals surface area contributed by atoms with Gasteiger partial charge in [0, 0.05) is 38.3 Å². The van der Waals surface area contributed by atoms with Crippen LogP contribution in [0.5, 0.6) is 0 Å². The number of fused-ring (bicyclic) bond motifs is 1. The highest BCUT2D eigenvalue weighted by Gasteiger charge is 2.44. The van der Waals surface area contributed by atoms with Crippen LogP contribution in [0.2, 0.25) is 0 Å². The van der Waals surface area contributed by atoms with E-state index in [0.29, 0.717) is 5.41 Å². The van der Waals surface area contributed by atoms with Crippen LogP contribution in [0.3, 0.4) is 0 Å². The number of hydrogen-bond donors (Lipinski definition) is 2. The highest BCUT2D eigenvalue weighted by atomic mass is 15.2. The zero-order valence-electron chi connectivity index (χ0n) is 13.7. The van der Waals surface area contributed by atoms with Crippen molar-refractivity contribution in [3.05, 3.63) is 17.8 Å². The molecule has 2 aliphatic rings. The number of aliphatic imine (C=N–C) groups is 2. The molecule has 0 spiro atoms. The molecule has 5 nitrogen and oxygen atoms in total. The van der Waals surface area contributed by atoms with E-state index in [-0.39, 0.29) is 0 Å². The summed E-state index contributed by atoms with van der Waals surface area (Å²) in [5, 5.41) is 3.61. The molecule has 3 heterocycles. The molecule has 0 amide bonds. The first-order chi connectivity index (χ1) is 10.7. The van der Waals surface area contributed by atoms with E-state index in [4.69, 9.17) is 0 Å². The van der Waals surface area contributed by atoms with E-state index in [0.717, 1.165) is 42.8 Å². The normalized spacial score (nSPS) is 29.3. The smallest absolute Gasteiger partial charge is 0.140 e. The van der Waals surface area contributed by atoms with Crippen LogP contribution in [0.25, 0.3) is 0 Å². The molecule has 2 N–H and O–H groups in total.